The Balaban J connectivity index is 2.69. The van der Waals surface area contributed by atoms with Crippen LogP contribution in [0.5, 0.6) is 0 Å². The van der Waals surface area contributed by atoms with Crippen LogP contribution in [0.2, 0.25) is 0 Å². The summed E-state index contributed by atoms with van der Waals surface area (Å²) in [6.07, 6.45) is 0.544. The van der Waals surface area contributed by atoms with Gasteiger partial charge in [-0.2, -0.15) is 0 Å². The molecule has 104 valence electrons. The van der Waals surface area contributed by atoms with Crippen LogP contribution in [0.4, 0.5) is 11.4 Å². The van der Waals surface area contributed by atoms with E-state index in [1.807, 2.05) is 13.0 Å². The molecular weight excluding hydrogens is 246 g/mol. The smallest absolute Gasteiger partial charge is 0.313 e. The van der Waals surface area contributed by atoms with Gasteiger partial charge in [0.25, 0.3) is 0 Å². The maximum Gasteiger partial charge on any atom is 0.313 e. The van der Waals surface area contributed by atoms with Crippen LogP contribution in [0.1, 0.15) is 18.9 Å². The molecule has 2 amide bonds. The van der Waals surface area contributed by atoms with Crippen LogP contribution in [0.15, 0.2) is 18.2 Å². The average molecular weight is 265 g/mol. The van der Waals surface area contributed by atoms with E-state index in [2.05, 4.69) is 10.6 Å². The molecule has 5 N–H and O–H groups in total. The van der Waals surface area contributed by atoms with Crippen molar-refractivity contribution in [2.24, 2.45) is 0 Å². The molecule has 0 spiro atoms. The topological polar surface area (TPSA) is 104 Å². The van der Waals surface area contributed by atoms with Gasteiger partial charge in [-0.25, -0.2) is 0 Å². The van der Waals surface area contributed by atoms with Gasteiger partial charge in [0.1, 0.15) is 0 Å². The second-order valence-corrected chi connectivity index (χ2v) is 4.31. The highest BCUT2D eigenvalue weighted by molar-refractivity contribution is 6.40. The second kappa shape index (κ2) is 6.75. The molecule has 6 nitrogen and oxygen atoms in total. The normalized spacial score (nSPS) is 11.7. The number of aryl methyl sites for hydroxylation is 1. The number of anilines is 2. The number of hydrogen-bond donors (Lipinski definition) is 4. The summed E-state index contributed by atoms with van der Waals surface area (Å²) in [4.78, 5) is 23.3. The van der Waals surface area contributed by atoms with Gasteiger partial charge in [-0.3, -0.25) is 9.59 Å². The fourth-order valence-electron chi connectivity index (χ4n) is 1.49. The third-order valence-corrected chi connectivity index (χ3v) is 2.71. The van der Waals surface area contributed by atoms with Crippen molar-refractivity contribution in [2.75, 3.05) is 17.7 Å². The first-order valence-corrected chi connectivity index (χ1v) is 6.06. The summed E-state index contributed by atoms with van der Waals surface area (Å²) in [7, 11) is 0. The Morgan fingerprint density at radius 2 is 2.05 bits per heavy atom. The fraction of sp³-hybridized carbons (Fsp3) is 0.385. The average Bonchev–Trinajstić information content (AvgIpc) is 2.39. The lowest BCUT2D eigenvalue weighted by molar-refractivity contribution is -0.136. The number of hydrogen-bond acceptors (Lipinski definition) is 4. The molecule has 1 aromatic rings. The molecule has 0 aliphatic carbocycles. The molecule has 6 heteroatoms. The number of carbonyl (C=O) groups excluding carboxylic acids is 2. The Hall–Kier alpha value is -2.08. The zero-order chi connectivity index (χ0) is 14.4. The monoisotopic (exact) mass is 265 g/mol. The minimum absolute atomic E-state index is 0.206. The molecule has 0 bridgehead atoms. The van der Waals surface area contributed by atoms with Crippen molar-refractivity contribution < 1.29 is 14.7 Å². The van der Waals surface area contributed by atoms with Crippen LogP contribution < -0.4 is 16.4 Å². The summed E-state index contributed by atoms with van der Waals surface area (Å²) in [5, 5.41) is 13.8. The zero-order valence-electron chi connectivity index (χ0n) is 11.1. The summed E-state index contributed by atoms with van der Waals surface area (Å²) in [5.41, 5.74) is 7.42. The quantitative estimate of drug-likeness (QED) is 0.467. The third kappa shape index (κ3) is 4.26. The molecule has 0 aliphatic heterocycles. The van der Waals surface area contributed by atoms with Gasteiger partial charge in [-0.05, 0) is 31.0 Å². The number of nitrogens with two attached hydrogens (primary N) is 1. The molecular formula is C13H19N3O3. The van der Waals surface area contributed by atoms with Crippen molar-refractivity contribution in [3.05, 3.63) is 23.8 Å². The number of amides is 2. The van der Waals surface area contributed by atoms with E-state index in [1.54, 1.807) is 19.1 Å². The number of benzene rings is 1. The Labute approximate surface area is 112 Å². The highest BCUT2D eigenvalue weighted by Crippen LogP contribution is 2.19. The largest absolute Gasteiger partial charge is 0.397 e. The van der Waals surface area contributed by atoms with Crippen molar-refractivity contribution in [1.82, 2.24) is 5.32 Å². The minimum atomic E-state index is -0.802. The highest BCUT2D eigenvalue weighted by Gasteiger charge is 2.18. The Kier molecular flexibility index (Phi) is 5.32. The number of rotatable bonds is 4. The molecule has 1 rings (SSSR count). The van der Waals surface area contributed by atoms with Gasteiger partial charge in [0.15, 0.2) is 0 Å². The van der Waals surface area contributed by atoms with E-state index in [-0.39, 0.29) is 6.61 Å². The van der Waals surface area contributed by atoms with Crippen LogP contribution >= 0.6 is 0 Å². The molecule has 1 atom stereocenters. The Morgan fingerprint density at radius 1 is 1.37 bits per heavy atom. The molecule has 1 unspecified atom stereocenters. The molecule has 0 saturated carbocycles. The lowest BCUT2D eigenvalue weighted by Crippen LogP contribution is -2.43. The van der Waals surface area contributed by atoms with Crippen LogP contribution in [-0.4, -0.2) is 29.6 Å². The van der Waals surface area contributed by atoms with Gasteiger partial charge in [0.2, 0.25) is 0 Å². The summed E-state index contributed by atoms with van der Waals surface area (Å²) < 4.78 is 0. The molecule has 1 aromatic carbocycles. The maximum absolute atomic E-state index is 11.7. The first-order valence-electron chi connectivity index (χ1n) is 6.06. The van der Waals surface area contributed by atoms with Gasteiger partial charge in [0, 0.05) is 0 Å². The number of nitrogens with one attached hydrogen (secondary N) is 2. The Bertz CT molecular complexity index is 470. The lowest BCUT2D eigenvalue weighted by atomic mass is 10.2. The summed E-state index contributed by atoms with van der Waals surface area (Å²) in [6.45, 7) is 3.45. The van der Waals surface area contributed by atoms with Crippen LogP contribution in [0.3, 0.4) is 0 Å². The maximum atomic E-state index is 11.7. The molecule has 0 aliphatic rings. The van der Waals surface area contributed by atoms with Crippen molar-refractivity contribution in [3.8, 4) is 0 Å². The summed E-state index contributed by atoms with van der Waals surface area (Å²) in [6, 6.07) is 4.73. The van der Waals surface area contributed by atoms with E-state index in [9.17, 15) is 9.59 Å². The van der Waals surface area contributed by atoms with Gasteiger partial charge in [-0.1, -0.05) is 13.0 Å². The summed E-state index contributed by atoms with van der Waals surface area (Å²) in [5.74, 6) is -1.59. The van der Waals surface area contributed by atoms with Crippen molar-refractivity contribution in [3.63, 3.8) is 0 Å². The third-order valence-electron chi connectivity index (χ3n) is 2.71. The van der Waals surface area contributed by atoms with Crippen LogP contribution in [-0.2, 0) is 9.59 Å². The number of aliphatic hydroxyl groups is 1. The predicted octanol–water partition coefficient (Wildman–Crippen LogP) is 0.403. The van der Waals surface area contributed by atoms with Crippen molar-refractivity contribution >= 4 is 23.2 Å². The lowest BCUT2D eigenvalue weighted by Gasteiger charge is -2.14. The highest BCUT2D eigenvalue weighted by atomic mass is 16.3. The standard InChI is InChI=1S/C13H19N3O3/c1-3-9(7-17)15-12(18)13(19)16-11-6-8(2)4-5-10(11)14/h4-6,9,17H,3,7,14H2,1-2H3,(H,15,18)(H,16,19). The number of aliphatic hydroxyl groups excluding tert-OH is 1. The van der Waals surface area contributed by atoms with Gasteiger partial charge in [0.05, 0.1) is 24.0 Å². The molecule has 0 fully saturated rings. The van der Waals surface area contributed by atoms with Gasteiger partial charge < -0.3 is 21.5 Å². The van der Waals surface area contributed by atoms with Crippen molar-refractivity contribution in [1.29, 1.82) is 0 Å². The molecule has 0 radical (unpaired) electrons. The van der Waals surface area contributed by atoms with E-state index < -0.39 is 17.9 Å². The Morgan fingerprint density at radius 3 is 2.63 bits per heavy atom. The van der Waals surface area contributed by atoms with Gasteiger partial charge in [-0.15, -0.1) is 0 Å². The second-order valence-electron chi connectivity index (χ2n) is 4.31. The van der Waals surface area contributed by atoms with E-state index in [1.165, 1.54) is 0 Å². The molecule has 19 heavy (non-hydrogen) atoms. The fourth-order valence-corrected chi connectivity index (χ4v) is 1.49. The SMILES string of the molecule is CCC(CO)NC(=O)C(=O)Nc1cc(C)ccc1N. The predicted molar refractivity (Wildman–Crippen MR) is 73.5 cm³/mol. The molecule has 0 saturated heterocycles. The van der Waals surface area contributed by atoms with Crippen LogP contribution in [0.25, 0.3) is 0 Å². The molecule has 0 aromatic heterocycles. The molecule has 0 heterocycles. The van der Waals surface area contributed by atoms with Crippen molar-refractivity contribution in [2.45, 2.75) is 26.3 Å². The van der Waals surface area contributed by atoms with E-state index in [4.69, 9.17) is 10.8 Å². The van der Waals surface area contributed by atoms with Crippen LogP contribution in [0, 0.1) is 6.92 Å². The van der Waals surface area contributed by atoms with E-state index in [0.29, 0.717) is 17.8 Å². The van der Waals surface area contributed by atoms with E-state index in [0.717, 1.165) is 5.56 Å². The van der Waals surface area contributed by atoms with E-state index >= 15 is 0 Å². The number of nitrogen functional groups attached to an aromatic ring is 1. The minimum Gasteiger partial charge on any atom is -0.397 e. The zero-order valence-corrected chi connectivity index (χ0v) is 11.1. The first kappa shape index (κ1) is 15.0. The summed E-state index contributed by atoms with van der Waals surface area (Å²) >= 11 is 0. The van der Waals surface area contributed by atoms with Gasteiger partial charge >= 0.3 is 11.8 Å². The first-order chi connectivity index (χ1) is 8.97. The number of carbonyl (C=O) groups is 2.